The molecule has 0 N–H and O–H groups in total. The van der Waals surface area contributed by atoms with Gasteiger partial charge in [0.05, 0.1) is 10.6 Å². The van der Waals surface area contributed by atoms with Gasteiger partial charge in [0, 0.05) is 12.6 Å². The lowest BCUT2D eigenvalue weighted by Gasteiger charge is -2.30. The number of hydrogen-bond donors (Lipinski definition) is 0. The lowest BCUT2D eigenvalue weighted by Crippen LogP contribution is -2.36. The van der Waals surface area contributed by atoms with Crippen LogP contribution in [0.2, 0.25) is 0 Å². The second-order valence-electron chi connectivity index (χ2n) is 5.76. The topological polar surface area (TPSA) is 33.2 Å². The third-order valence-electron chi connectivity index (χ3n) is 3.73. The van der Waals surface area contributed by atoms with Crippen LogP contribution in [-0.4, -0.2) is 23.9 Å². The number of nitrogens with zero attached hydrogens (tertiary/aromatic N) is 2. The average Bonchev–Trinajstić information content (AvgIpc) is 3.04. The minimum Gasteiger partial charge on any atom is -0.345 e. The van der Waals surface area contributed by atoms with Crippen molar-refractivity contribution in [1.29, 1.82) is 0 Å². The normalized spacial score (nSPS) is 16.2. The molecule has 1 aliphatic carbocycles. The summed E-state index contributed by atoms with van der Waals surface area (Å²) in [6, 6.07) is 0.623. The zero-order valence-electron chi connectivity index (χ0n) is 12.2. The number of thiazole rings is 1. The Morgan fingerprint density at radius 2 is 2.11 bits per heavy atom. The molecule has 0 aliphatic heterocycles. The van der Waals surface area contributed by atoms with Gasteiger partial charge in [-0.15, -0.1) is 0 Å². The van der Waals surface area contributed by atoms with Gasteiger partial charge in [0.1, 0.15) is 0 Å². The molecule has 0 unspecified atom stereocenters. The van der Waals surface area contributed by atoms with E-state index >= 15 is 0 Å². The first-order valence-electron chi connectivity index (χ1n) is 7.37. The first kappa shape index (κ1) is 14.5. The molecule has 0 radical (unpaired) electrons. The minimum atomic E-state index is 0.620. The summed E-state index contributed by atoms with van der Waals surface area (Å²) in [5.41, 5.74) is 0.960. The van der Waals surface area contributed by atoms with E-state index in [1.165, 1.54) is 25.7 Å². The number of carbonyl (C=O) groups excluding carboxylic acids is 1. The molecular formula is C15H24N2OS. The maximum Gasteiger partial charge on any atom is 0.186 e. The maximum absolute atomic E-state index is 11.1. The molecule has 3 nitrogen and oxygen atoms in total. The van der Waals surface area contributed by atoms with E-state index in [1.54, 1.807) is 11.3 Å². The van der Waals surface area contributed by atoms with Crippen LogP contribution in [0.5, 0.6) is 0 Å². The molecule has 1 heterocycles. The Morgan fingerprint density at radius 1 is 1.42 bits per heavy atom. The fourth-order valence-corrected chi connectivity index (χ4v) is 3.86. The standard InChI is InChI=1S/C15H24N2OS/c1-4-13-14(10-18)19-15(16-13)17(9-11(2)3)12-7-5-6-8-12/h10-12H,4-9H2,1-3H3. The Balaban J connectivity index is 2.25. The highest BCUT2D eigenvalue weighted by Crippen LogP contribution is 2.33. The molecule has 0 atom stereocenters. The number of aromatic nitrogens is 1. The smallest absolute Gasteiger partial charge is 0.186 e. The van der Waals surface area contributed by atoms with E-state index in [2.05, 4.69) is 25.7 Å². The lowest BCUT2D eigenvalue weighted by molar-refractivity contribution is 0.112. The predicted octanol–water partition coefficient (Wildman–Crippen LogP) is 3.92. The van der Waals surface area contributed by atoms with E-state index < -0.39 is 0 Å². The summed E-state index contributed by atoms with van der Waals surface area (Å²) in [5.74, 6) is 0.620. The molecule has 0 aromatic carbocycles. The molecule has 1 saturated carbocycles. The van der Waals surface area contributed by atoms with Crippen molar-refractivity contribution in [3.05, 3.63) is 10.6 Å². The van der Waals surface area contributed by atoms with E-state index in [4.69, 9.17) is 4.98 Å². The van der Waals surface area contributed by atoms with Crippen molar-refractivity contribution in [3.8, 4) is 0 Å². The van der Waals surface area contributed by atoms with Crippen LogP contribution < -0.4 is 4.90 Å². The molecule has 1 aromatic rings. The van der Waals surface area contributed by atoms with Gasteiger partial charge in [0.15, 0.2) is 11.4 Å². The van der Waals surface area contributed by atoms with E-state index in [-0.39, 0.29) is 0 Å². The monoisotopic (exact) mass is 280 g/mol. The lowest BCUT2D eigenvalue weighted by atomic mass is 10.1. The third kappa shape index (κ3) is 3.35. The molecule has 106 valence electrons. The summed E-state index contributed by atoms with van der Waals surface area (Å²) in [4.78, 5) is 19.1. The Kier molecular flexibility index (Phi) is 4.97. The summed E-state index contributed by atoms with van der Waals surface area (Å²) in [5, 5.41) is 1.06. The second kappa shape index (κ2) is 6.51. The van der Waals surface area contributed by atoms with E-state index in [0.29, 0.717) is 12.0 Å². The van der Waals surface area contributed by atoms with Crippen LogP contribution in [0.25, 0.3) is 0 Å². The van der Waals surface area contributed by atoms with Crippen LogP contribution in [0.1, 0.15) is 61.8 Å². The van der Waals surface area contributed by atoms with Crippen LogP contribution in [0.4, 0.5) is 5.13 Å². The number of hydrogen-bond acceptors (Lipinski definition) is 4. The Morgan fingerprint density at radius 3 is 2.58 bits per heavy atom. The number of anilines is 1. The number of aryl methyl sites for hydroxylation is 1. The van der Waals surface area contributed by atoms with Crippen LogP contribution in [0.3, 0.4) is 0 Å². The number of carbonyl (C=O) groups is 1. The van der Waals surface area contributed by atoms with Crippen molar-refractivity contribution in [2.45, 2.75) is 58.9 Å². The first-order chi connectivity index (χ1) is 9.15. The molecule has 0 amide bonds. The third-order valence-corrected chi connectivity index (χ3v) is 4.79. The highest BCUT2D eigenvalue weighted by Gasteiger charge is 2.26. The van der Waals surface area contributed by atoms with Gasteiger partial charge in [-0.25, -0.2) is 4.98 Å². The molecule has 4 heteroatoms. The summed E-state index contributed by atoms with van der Waals surface area (Å²) < 4.78 is 0. The zero-order valence-corrected chi connectivity index (χ0v) is 13.0. The summed E-state index contributed by atoms with van der Waals surface area (Å²) >= 11 is 1.57. The Bertz CT molecular complexity index is 422. The van der Waals surface area contributed by atoms with Crippen molar-refractivity contribution >= 4 is 22.8 Å². The van der Waals surface area contributed by atoms with Crippen LogP contribution >= 0.6 is 11.3 Å². The van der Waals surface area contributed by atoms with Crippen LogP contribution in [-0.2, 0) is 6.42 Å². The fraction of sp³-hybridized carbons (Fsp3) is 0.733. The quantitative estimate of drug-likeness (QED) is 0.740. The van der Waals surface area contributed by atoms with E-state index in [1.807, 2.05) is 0 Å². The largest absolute Gasteiger partial charge is 0.345 e. The van der Waals surface area contributed by atoms with Gasteiger partial charge in [0.2, 0.25) is 0 Å². The van der Waals surface area contributed by atoms with Crippen molar-refractivity contribution < 1.29 is 4.79 Å². The predicted molar refractivity (Wildman–Crippen MR) is 81.3 cm³/mol. The Hall–Kier alpha value is -0.900. The number of rotatable bonds is 6. The van der Waals surface area contributed by atoms with Crippen molar-refractivity contribution in [2.24, 2.45) is 5.92 Å². The summed E-state index contributed by atoms with van der Waals surface area (Å²) in [6.45, 7) is 7.60. The van der Waals surface area contributed by atoms with Crippen LogP contribution in [0.15, 0.2) is 0 Å². The molecule has 19 heavy (non-hydrogen) atoms. The first-order valence-corrected chi connectivity index (χ1v) is 8.18. The van der Waals surface area contributed by atoms with E-state index in [9.17, 15) is 4.79 Å². The summed E-state index contributed by atoms with van der Waals surface area (Å²) in [6.07, 6.45) is 6.99. The number of aldehydes is 1. The highest BCUT2D eigenvalue weighted by molar-refractivity contribution is 7.17. The SMILES string of the molecule is CCc1nc(N(CC(C)C)C2CCCC2)sc1C=O. The molecule has 1 aromatic heterocycles. The molecular weight excluding hydrogens is 256 g/mol. The van der Waals surface area contributed by atoms with Gasteiger partial charge < -0.3 is 4.90 Å². The van der Waals surface area contributed by atoms with Gasteiger partial charge in [0.25, 0.3) is 0 Å². The van der Waals surface area contributed by atoms with Gasteiger partial charge in [-0.05, 0) is 25.2 Å². The van der Waals surface area contributed by atoms with Gasteiger partial charge in [-0.1, -0.05) is 44.9 Å². The highest BCUT2D eigenvalue weighted by atomic mass is 32.1. The van der Waals surface area contributed by atoms with Crippen molar-refractivity contribution in [3.63, 3.8) is 0 Å². The minimum absolute atomic E-state index is 0.620. The van der Waals surface area contributed by atoms with E-state index in [0.717, 1.165) is 35.0 Å². The Labute approximate surface area is 120 Å². The van der Waals surface area contributed by atoms with Gasteiger partial charge in [-0.3, -0.25) is 4.79 Å². The summed E-state index contributed by atoms with van der Waals surface area (Å²) in [7, 11) is 0. The van der Waals surface area contributed by atoms with Gasteiger partial charge in [-0.2, -0.15) is 0 Å². The van der Waals surface area contributed by atoms with Gasteiger partial charge >= 0.3 is 0 Å². The molecule has 0 bridgehead atoms. The molecule has 0 saturated heterocycles. The zero-order chi connectivity index (χ0) is 13.8. The molecule has 1 aliphatic rings. The maximum atomic E-state index is 11.1. The molecule has 1 fully saturated rings. The van der Waals surface area contributed by atoms with Crippen LogP contribution in [0, 0.1) is 5.92 Å². The molecule has 2 rings (SSSR count). The van der Waals surface area contributed by atoms with Crippen molar-refractivity contribution in [1.82, 2.24) is 4.98 Å². The second-order valence-corrected chi connectivity index (χ2v) is 6.77. The fourth-order valence-electron chi connectivity index (χ4n) is 2.81. The average molecular weight is 280 g/mol. The molecule has 0 spiro atoms. The van der Waals surface area contributed by atoms with Crippen molar-refractivity contribution in [2.75, 3.05) is 11.4 Å².